The average molecular weight is 362 g/mol. The topological polar surface area (TPSA) is 44.4 Å². The fraction of sp³-hybridized carbons (Fsp3) is 0.929. The van der Waals surface area contributed by atoms with E-state index in [1.807, 2.05) is 0 Å². The highest BCUT2D eigenvalue weighted by Gasteiger charge is 2.42. The lowest BCUT2D eigenvalue weighted by atomic mass is 9.96. The minimum Gasteiger partial charge on any atom is -0.354 e. The van der Waals surface area contributed by atoms with Gasteiger partial charge in [-0.05, 0) is 44.8 Å². The van der Waals surface area contributed by atoms with Crippen LogP contribution >= 0.6 is 24.8 Å². The number of carbonyl (C=O) groups excluding carboxylic acids is 1. The van der Waals surface area contributed by atoms with Gasteiger partial charge in [0.05, 0.1) is 12.6 Å². The van der Waals surface area contributed by atoms with Crippen molar-refractivity contribution in [3.63, 3.8) is 0 Å². The zero-order valence-electron chi connectivity index (χ0n) is 12.9. The average Bonchev–Trinajstić information content (AvgIpc) is 2.78. The van der Waals surface area contributed by atoms with Crippen LogP contribution in [0.3, 0.4) is 0 Å². The van der Waals surface area contributed by atoms with Gasteiger partial charge in [0.1, 0.15) is 0 Å². The molecule has 0 aromatic rings. The summed E-state index contributed by atoms with van der Waals surface area (Å²) in [5.74, 6) is -2.54. The molecular weight excluding hydrogens is 335 g/mol. The molecule has 1 unspecified atom stereocenters. The Morgan fingerprint density at radius 3 is 2.45 bits per heavy atom. The zero-order valence-corrected chi connectivity index (χ0v) is 14.6. The van der Waals surface area contributed by atoms with E-state index in [2.05, 4.69) is 22.5 Å². The number of hydrogen-bond donors (Lipinski definition) is 2. The molecule has 2 saturated heterocycles. The summed E-state index contributed by atoms with van der Waals surface area (Å²) in [4.78, 5) is 14.3. The molecule has 0 aromatic heterocycles. The summed E-state index contributed by atoms with van der Waals surface area (Å²) in [6.45, 7) is 5.70. The lowest BCUT2D eigenvalue weighted by Crippen LogP contribution is -2.44. The van der Waals surface area contributed by atoms with Crippen molar-refractivity contribution < 1.29 is 13.6 Å². The van der Waals surface area contributed by atoms with Crippen molar-refractivity contribution in [3.8, 4) is 0 Å². The third-order valence-corrected chi connectivity index (χ3v) is 4.24. The predicted octanol–water partition coefficient (Wildman–Crippen LogP) is 2.07. The molecule has 2 heterocycles. The summed E-state index contributed by atoms with van der Waals surface area (Å²) in [5, 5.41) is 5.41. The Balaban J connectivity index is 0.00000220. The molecule has 4 nitrogen and oxygen atoms in total. The van der Waals surface area contributed by atoms with Gasteiger partial charge in [0.25, 0.3) is 5.92 Å². The van der Waals surface area contributed by atoms with E-state index in [1.165, 1.54) is 6.42 Å². The first-order chi connectivity index (χ1) is 9.50. The predicted molar refractivity (Wildman–Crippen MR) is 88.3 cm³/mol. The van der Waals surface area contributed by atoms with Crippen molar-refractivity contribution in [1.29, 1.82) is 0 Å². The van der Waals surface area contributed by atoms with Gasteiger partial charge in [0, 0.05) is 13.0 Å². The highest BCUT2D eigenvalue weighted by atomic mass is 35.5. The van der Waals surface area contributed by atoms with E-state index in [4.69, 9.17) is 0 Å². The van der Waals surface area contributed by atoms with Crippen LogP contribution in [0.1, 0.15) is 32.6 Å². The van der Waals surface area contributed by atoms with Crippen LogP contribution in [0.15, 0.2) is 0 Å². The SMILES string of the molecule is CCCN1CCC(CNC(=O)C2CC(F)(F)CN2)CC1.Cl.Cl. The molecule has 22 heavy (non-hydrogen) atoms. The van der Waals surface area contributed by atoms with Crippen molar-refractivity contribution in [3.05, 3.63) is 0 Å². The smallest absolute Gasteiger partial charge is 0.262 e. The molecule has 0 radical (unpaired) electrons. The van der Waals surface area contributed by atoms with Crippen molar-refractivity contribution in [2.24, 2.45) is 5.92 Å². The molecule has 0 spiro atoms. The van der Waals surface area contributed by atoms with Gasteiger partial charge in [-0.25, -0.2) is 8.78 Å². The van der Waals surface area contributed by atoms with E-state index in [9.17, 15) is 13.6 Å². The lowest BCUT2D eigenvalue weighted by Gasteiger charge is -2.31. The van der Waals surface area contributed by atoms with Crippen molar-refractivity contribution >= 4 is 30.7 Å². The minimum absolute atomic E-state index is 0. The quantitative estimate of drug-likeness (QED) is 0.787. The Morgan fingerprint density at radius 2 is 1.95 bits per heavy atom. The van der Waals surface area contributed by atoms with Crippen molar-refractivity contribution in [2.75, 3.05) is 32.7 Å². The van der Waals surface area contributed by atoms with Gasteiger partial charge in [-0.15, -0.1) is 24.8 Å². The van der Waals surface area contributed by atoms with Gasteiger partial charge in [0.15, 0.2) is 0 Å². The minimum atomic E-state index is -2.74. The number of nitrogens with zero attached hydrogens (tertiary/aromatic N) is 1. The lowest BCUT2D eigenvalue weighted by molar-refractivity contribution is -0.123. The largest absolute Gasteiger partial charge is 0.354 e. The Hall–Kier alpha value is -0.170. The Kier molecular flexibility index (Phi) is 9.78. The molecule has 0 saturated carbocycles. The van der Waals surface area contributed by atoms with E-state index in [0.29, 0.717) is 12.5 Å². The summed E-state index contributed by atoms with van der Waals surface area (Å²) in [5.41, 5.74) is 0. The third kappa shape index (κ3) is 6.52. The normalized spacial score (nSPS) is 25.1. The Bertz CT molecular complexity index is 340. The number of rotatable bonds is 5. The molecule has 0 aliphatic carbocycles. The van der Waals surface area contributed by atoms with Crippen LogP contribution in [0.4, 0.5) is 8.78 Å². The van der Waals surface area contributed by atoms with Gasteiger partial charge in [-0.1, -0.05) is 6.92 Å². The number of carbonyl (C=O) groups is 1. The molecule has 2 aliphatic rings. The van der Waals surface area contributed by atoms with E-state index < -0.39 is 12.0 Å². The second-order valence-corrected chi connectivity index (χ2v) is 6.02. The maximum absolute atomic E-state index is 13.0. The molecule has 2 rings (SSSR count). The highest BCUT2D eigenvalue weighted by Crippen LogP contribution is 2.25. The second-order valence-electron chi connectivity index (χ2n) is 6.02. The first kappa shape index (κ1) is 21.8. The summed E-state index contributed by atoms with van der Waals surface area (Å²) >= 11 is 0. The molecule has 0 aromatic carbocycles. The van der Waals surface area contributed by atoms with Gasteiger partial charge in [-0.3, -0.25) is 10.1 Å². The standard InChI is InChI=1S/C14H25F2N3O.2ClH/c1-2-5-19-6-3-11(4-7-19)9-17-13(20)12-8-14(15,16)10-18-12;;/h11-12,18H,2-10H2,1H3,(H,17,20);2*1H. The van der Waals surface area contributed by atoms with E-state index in [0.717, 1.165) is 32.5 Å². The van der Waals surface area contributed by atoms with Crippen LogP contribution in [0.2, 0.25) is 0 Å². The monoisotopic (exact) mass is 361 g/mol. The van der Waals surface area contributed by atoms with Crippen LogP contribution in [0.25, 0.3) is 0 Å². The number of halogens is 4. The van der Waals surface area contributed by atoms with Crippen molar-refractivity contribution in [1.82, 2.24) is 15.5 Å². The molecule has 2 fully saturated rings. The maximum atomic E-state index is 13.0. The summed E-state index contributed by atoms with van der Waals surface area (Å²) in [6, 6.07) is -0.731. The van der Waals surface area contributed by atoms with E-state index in [1.54, 1.807) is 0 Å². The van der Waals surface area contributed by atoms with Crippen LogP contribution in [-0.2, 0) is 4.79 Å². The molecule has 8 heteroatoms. The molecule has 132 valence electrons. The maximum Gasteiger partial charge on any atom is 0.262 e. The number of alkyl halides is 2. The zero-order chi connectivity index (χ0) is 14.6. The van der Waals surface area contributed by atoms with Crippen LogP contribution in [-0.4, -0.2) is 55.5 Å². The van der Waals surface area contributed by atoms with E-state index >= 15 is 0 Å². The first-order valence-corrected chi connectivity index (χ1v) is 7.61. The van der Waals surface area contributed by atoms with Crippen LogP contribution < -0.4 is 10.6 Å². The van der Waals surface area contributed by atoms with Crippen molar-refractivity contribution in [2.45, 2.75) is 44.6 Å². The molecule has 1 amide bonds. The van der Waals surface area contributed by atoms with Gasteiger partial charge >= 0.3 is 0 Å². The van der Waals surface area contributed by atoms with Gasteiger partial charge in [-0.2, -0.15) is 0 Å². The number of hydrogen-bond acceptors (Lipinski definition) is 3. The fourth-order valence-electron chi connectivity index (χ4n) is 3.00. The number of amides is 1. The van der Waals surface area contributed by atoms with Gasteiger partial charge < -0.3 is 10.2 Å². The highest BCUT2D eigenvalue weighted by molar-refractivity contribution is 5.85. The first-order valence-electron chi connectivity index (χ1n) is 7.61. The summed E-state index contributed by atoms with van der Waals surface area (Å²) < 4.78 is 26.0. The van der Waals surface area contributed by atoms with Crippen LogP contribution in [0.5, 0.6) is 0 Å². The molecule has 2 N–H and O–H groups in total. The van der Waals surface area contributed by atoms with E-state index in [-0.39, 0.29) is 43.7 Å². The Labute approximate surface area is 143 Å². The molecular formula is C14H27Cl2F2N3O. The molecule has 0 bridgehead atoms. The molecule has 2 aliphatic heterocycles. The Morgan fingerprint density at radius 1 is 1.32 bits per heavy atom. The number of likely N-dealkylation sites (tertiary alicyclic amines) is 1. The number of piperidine rings is 1. The summed E-state index contributed by atoms with van der Waals surface area (Å²) in [6.07, 6.45) is 2.94. The molecule has 1 atom stereocenters. The number of nitrogens with one attached hydrogen (secondary N) is 2. The van der Waals surface area contributed by atoms with Gasteiger partial charge in [0.2, 0.25) is 5.91 Å². The third-order valence-electron chi connectivity index (χ3n) is 4.24. The van der Waals surface area contributed by atoms with Crippen LogP contribution in [0, 0.1) is 5.92 Å². The fourth-order valence-corrected chi connectivity index (χ4v) is 3.00. The second kappa shape index (κ2) is 9.85. The summed E-state index contributed by atoms with van der Waals surface area (Å²) in [7, 11) is 0.